The fourth-order valence-corrected chi connectivity index (χ4v) is 3.82. The Hall–Kier alpha value is -2.60. The smallest absolute Gasteiger partial charge is 0.234 e. The van der Waals surface area contributed by atoms with Gasteiger partial charge in [0.1, 0.15) is 5.82 Å². The highest BCUT2D eigenvalue weighted by Gasteiger charge is 2.13. The van der Waals surface area contributed by atoms with Crippen LogP contribution in [0.2, 0.25) is 0 Å². The van der Waals surface area contributed by atoms with E-state index in [0.29, 0.717) is 5.75 Å². The van der Waals surface area contributed by atoms with Gasteiger partial charge in [-0.1, -0.05) is 59.8 Å². The van der Waals surface area contributed by atoms with Gasteiger partial charge in [0, 0.05) is 19.2 Å². The van der Waals surface area contributed by atoms with E-state index in [0.717, 1.165) is 34.2 Å². The molecule has 2 aromatic carbocycles. The van der Waals surface area contributed by atoms with E-state index in [4.69, 9.17) is 0 Å². The molecule has 140 valence electrons. The van der Waals surface area contributed by atoms with Crippen LogP contribution in [0.4, 0.5) is 5.69 Å². The zero-order valence-corrected chi connectivity index (χ0v) is 16.9. The number of thioether (sulfide) groups is 1. The van der Waals surface area contributed by atoms with Crippen molar-refractivity contribution >= 4 is 23.4 Å². The standard InChI is InChI=1S/C21H24N4OS/c1-14-10-15(2)20(16(3)11-14)22-19(26)13-27-21-24-23-18(25(21)4)12-17-8-6-5-7-9-17/h5-11H,12-13H2,1-4H3,(H,22,26). The van der Waals surface area contributed by atoms with Crippen LogP contribution in [0.3, 0.4) is 0 Å². The summed E-state index contributed by atoms with van der Waals surface area (Å²) >= 11 is 1.40. The van der Waals surface area contributed by atoms with Gasteiger partial charge in [0.2, 0.25) is 5.91 Å². The summed E-state index contributed by atoms with van der Waals surface area (Å²) < 4.78 is 1.95. The van der Waals surface area contributed by atoms with Gasteiger partial charge in [0.05, 0.1) is 5.75 Å². The van der Waals surface area contributed by atoms with E-state index in [2.05, 4.69) is 46.7 Å². The van der Waals surface area contributed by atoms with Crippen LogP contribution in [-0.2, 0) is 18.3 Å². The van der Waals surface area contributed by atoms with Crippen LogP contribution in [0.25, 0.3) is 0 Å². The largest absolute Gasteiger partial charge is 0.325 e. The number of benzene rings is 2. The molecule has 0 radical (unpaired) electrons. The second kappa shape index (κ2) is 8.39. The van der Waals surface area contributed by atoms with Crippen molar-refractivity contribution in [2.24, 2.45) is 7.05 Å². The van der Waals surface area contributed by atoms with Gasteiger partial charge in [-0.05, 0) is 37.5 Å². The number of nitrogens with zero attached hydrogens (tertiary/aromatic N) is 3. The first-order valence-electron chi connectivity index (χ1n) is 8.86. The van der Waals surface area contributed by atoms with E-state index in [1.807, 2.05) is 43.7 Å². The van der Waals surface area contributed by atoms with Crippen LogP contribution in [0, 0.1) is 20.8 Å². The number of nitrogens with one attached hydrogen (secondary N) is 1. The van der Waals surface area contributed by atoms with Gasteiger partial charge in [-0.2, -0.15) is 0 Å². The highest BCUT2D eigenvalue weighted by molar-refractivity contribution is 7.99. The van der Waals surface area contributed by atoms with Gasteiger partial charge in [0.25, 0.3) is 0 Å². The Morgan fingerprint density at radius 3 is 2.41 bits per heavy atom. The molecule has 6 heteroatoms. The average Bonchev–Trinajstić information content (AvgIpc) is 2.97. The van der Waals surface area contributed by atoms with Crippen LogP contribution in [0.15, 0.2) is 47.6 Å². The molecule has 1 N–H and O–H groups in total. The van der Waals surface area contributed by atoms with Gasteiger partial charge < -0.3 is 9.88 Å². The summed E-state index contributed by atoms with van der Waals surface area (Å²) in [7, 11) is 1.94. The minimum absolute atomic E-state index is 0.0392. The number of anilines is 1. The molecule has 1 heterocycles. The second-order valence-corrected chi connectivity index (χ2v) is 7.67. The number of aromatic nitrogens is 3. The molecule has 0 saturated carbocycles. The van der Waals surface area contributed by atoms with Gasteiger partial charge in [-0.15, -0.1) is 10.2 Å². The van der Waals surface area contributed by atoms with E-state index >= 15 is 0 Å². The summed E-state index contributed by atoms with van der Waals surface area (Å²) in [5.41, 5.74) is 5.44. The van der Waals surface area contributed by atoms with Crippen molar-refractivity contribution in [2.45, 2.75) is 32.3 Å². The lowest BCUT2D eigenvalue weighted by Crippen LogP contribution is -2.16. The predicted molar refractivity (Wildman–Crippen MR) is 110 cm³/mol. The van der Waals surface area contributed by atoms with Crippen LogP contribution in [-0.4, -0.2) is 26.4 Å². The van der Waals surface area contributed by atoms with Crippen molar-refractivity contribution in [3.63, 3.8) is 0 Å². The van der Waals surface area contributed by atoms with Crippen LogP contribution in [0.1, 0.15) is 28.1 Å². The van der Waals surface area contributed by atoms with Gasteiger partial charge in [-0.25, -0.2) is 0 Å². The van der Waals surface area contributed by atoms with Gasteiger partial charge in [0.15, 0.2) is 5.16 Å². The predicted octanol–water partition coefficient (Wildman–Crippen LogP) is 4.06. The topological polar surface area (TPSA) is 59.8 Å². The van der Waals surface area contributed by atoms with Gasteiger partial charge in [-0.3, -0.25) is 4.79 Å². The normalized spacial score (nSPS) is 10.8. The maximum Gasteiger partial charge on any atom is 0.234 e. The van der Waals surface area contributed by atoms with Crippen molar-refractivity contribution in [2.75, 3.05) is 11.1 Å². The van der Waals surface area contributed by atoms with Crippen molar-refractivity contribution in [3.05, 3.63) is 70.5 Å². The molecule has 0 bridgehead atoms. The minimum atomic E-state index is -0.0392. The van der Waals surface area contributed by atoms with E-state index < -0.39 is 0 Å². The molecular formula is C21H24N4OS. The summed E-state index contributed by atoms with van der Waals surface area (Å²) in [6.07, 6.45) is 0.721. The zero-order valence-electron chi connectivity index (χ0n) is 16.1. The molecule has 0 unspecified atom stereocenters. The maximum atomic E-state index is 12.4. The molecule has 0 aliphatic carbocycles. The molecule has 1 amide bonds. The molecular weight excluding hydrogens is 356 g/mol. The lowest BCUT2D eigenvalue weighted by molar-refractivity contribution is -0.113. The lowest BCUT2D eigenvalue weighted by Gasteiger charge is -2.12. The third kappa shape index (κ3) is 4.77. The summed E-state index contributed by atoms with van der Waals surface area (Å²) in [6, 6.07) is 14.3. The average molecular weight is 381 g/mol. The van der Waals surface area contributed by atoms with Crippen LogP contribution in [0.5, 0.6) is 0 Å². The third-order valence-corrected chi connectivity index (χ3v) is 5.42. The zero-order chi connectivity index (χ0) is 19.4. The molecule has 0 spiro atoms. The molecule has 0 aliphatic heterocycles. The SMILES string of the molecule is Cc1cc(C)c(NC(=O)CSc2nnc(Cc3ccccc3)n2C)c(C)c1. The Labute approximate surface area is 164 Å². The van der Waals surface area contributed by atoms with E-state index in [1.165, 1.54) is 22.9 Å². The van der Waals surface area contributed by atoms with Gasteiger partial charge >= 0.3 is 0 Å². The second-order valence-electron chi connectivity index (χ2n) is 6.73. The molecule has 27 heavy (non-hydrogen) atoms. The number of amides is 1. The van der Waals surface area contributed by atoms with Crippen molar-refractivity contribution in [1.82, 2.24) is 14.8 Å². The van der Waals surface area contributed by atoms with Crippen molar-refractivity contribution < 1.29 is 4.79 Å². The minimum Gasteiger partial charge on any atom is -0.325 e. The summed E-state index contributed by atoms with van der Waals surface area (Å²) in [5, 5.41) is 12.3. The fourth-order valence-electron chi connectivity index (χ4n) is 3.09. The third-order valence-electron chi connectivity index (χ3n) is 4.40. The molecule has 0 aliphatic rings. The number of rotatable bonds is 6. The highest BCUT2D eigenvalue weighted by atomic mass is 32.2. The quantitative estimate of drug-likeness (QED) is 0.655. The number of carbonyl (C=O) groups excluding carboxylic acids is 1. The maximum absolute atomic E-state index is 12.4. The molecule has 1 aromatic heterocycles. The Kier molecular flexibility index (Phi) is 5.96. The summed E-state index contributed by atoms with van der Waals surface area (Å²) in [5.74, 6) is 1.14. The molecule has 5 nitrogen and oxygen atoms in total. The monoisotopic (exact) mass is 380 g/mol. The van der Waals surface area contributed by atoms with E-state index in [1.54, 1.807) is 0 Å². The molecule has 0 saturated heterocycles. The summed E-state index contributed by atoms with van der Waals surface area (Å²) in [6.45, 7) is 6.09. The van der Waals surface area contributed by atoms with Crippen molar-refractivity contribution in [3.8, 4) is 0 Å². The fraction of sp³-hybridized carbons (Fsp3) is 0.286. The number of aryl methyl sites for hydroxylation is 3. The molecule has 3 rings (SSSR count). The Balaban J connectivity index is 1.61. The van der Waals surface area contributed by atoms with Crippen LogP contribution < -0.4 is 5.32 Å². The Bertz CT molecular complexity index is 927. The lowest BCUT2D eigenvalue weighted by atomic mass is 10.1. The Morgan fingerprint density at radius 2 is 1.74 bits per heavy atom. The van der Waals surface area contributed by atoms with E-state index in [9.17, 15) is 4.79 Å². The molecule has 0 fully saturated rings. The number of carbonyl (C=O) groups is 1. The number of hydrogen-bond acceptors (Lipinski definition) is 4. The first-order valence-corrected chi connectivity index (χ1v) is 9.85. The first-order chi connectivity index (χ1) is 12.9. The van der Waals surface area contributed by atoms with E-state index in [-0.39, 0.29) is 5.91 Å². The van der Waals surface area contributed by atoms with Crippen LogP contribution >= 0.6 is 11.8 Å². The Morgan fingerprint density at radius 1 is 1.07 bits per heavy atom. The first kappa shape index (κ1) is 19.2. The number of hydrogen-bond donors (Lipinski definition) is 1. The molecule has 0 atom stereocenters. The molecule has 3 aromatic rings. The highest BCUT2D eigenvalue weighted by Crippen LogP contribution is 2.23. The van der Waals surface area contributed by atoms with Crippen molar-refractivity contribution in [1.29, 1.82) is 0 Å². The summed E-state index contributed by atoms with van der Waals surface area (Å²) in [4.78, 5) is 12.4.